The van der Waals surface area contributed by atoms with E-state index in [0.717, 1.165) is 5.56 Å². The van der Waals surface area contributed by atoms with Crippen molar-refractivity contribution in [1.82, 2.24) is 5.32 Å². The number of ether oxygens (including phenoxy) is 2. The first-order valence-corrected chi connectivity index (χ1v) is 8.57. The summed E-state index contributed by atoms with van der Waals surface area (Å²) < 4.78 is 10.5. The molecule has 1 amide bonds. The van der Waals surface area contributed by atoms with E-state index in [2.05, 4.69) is 16.1 Å². The number of carbonyl (C=O) groups is 2. The molecule has 0 aromatic heterocycles. The molecule has 0 aliphatic rings. The van der Waals surface area contributed by atoms with Gasteiger partial charge < -0.3 is 14.8 Å². The fourth-order valence-corrected chi connectivity index (χ4v) is 2.46. The molecule has 0 aliphatic heterocycles. The number of benzene rings is 2. The van der Waals surface area contributed by atoms with Crippen molar-refractivity contribution in [1.29, 1.82) is 5.26 Å². The molecule has 0 bridgehead atoms. The molecule has 0 aliphatic carbocycles. The van der Waals surface area contributed by atoms with Crippen molar-refractivity contribution in [3.8, 4) is 11.8 Å². The van der Waals surface area contributed by atoms with E-state index in [0.29, 0.717) is 23.4 Å². The van der Waals surface area contributed by atoms with Crippen molar-refractivity contribution in [2.45, 2.75) is 26.5 Å². The minimum absolute atomic E-state index is 0.0848. The van der Waals surface area contributed by atoms with E-state index in [4.69, 9.17) is 4.74 Å². The van der Waals surface area contributed by atoms with Crippen LogP contribution in [0.3, 0.4) is 0 Å². The zero-order chi connectivity index (χ0) is 19.8. The molecule has 6 nitrogen and oxygen atoms in total. The van der Waals surface area contributed by atoms with Crippen LogP contribution in [-0.4, -0.2) is 25.1 Å². The highest BCUT2D eigenvalue weighted by molar-refractivity contribution is 5.89. The third-order valence-corrected chi connectivity index (χ3v) is 3.97. The van der Waals surface area contributed by atoms with Crippen molar-refractivity contribution in [2.24, 2.45) is 5.92 Å². The Morgan fingerprint density at radius 3 is 2.37 bits per heavy atom. The molecule has 27 heavy (non-hydrogen) atoms. The van der Waals surface area contributed by atoms with E-state index in [1.54, 1.807) is 48.5 Å². The Morgan fingerprint density at radius 1 is 1.11 bits per heavy atom. The summed E-state index contributed by atoms with van der Waals surface area (Å²) in [6.07, 6.45) is -0.728. The zero-order valence-corrected chi connectivity index (χ0v) is 15.6. The van der Waals surface area contributed by atoms with Gasteiger partial charge in [-0.25, -0.2) is 4.79 Å². The Hall–Kier alpha value is -3.33. The second-order valence-corrected chi connectivity index (χ2v) is 6.30. The third-order valence-electron chi connectivity index (χ3n) is 3.97. The highest BCUT2D eigenvalue weighted by Gasteiger charge is 2.25. The van der Waals surface area contributed by atoms with Crippen LogP contribution in [0.15, 0.2) is 48.5 Å². The van der Waals surface area contributed by atoms with Crippen molar-refractivity contribution >= 4 is 11.9 Å². The van der Waals surface area contributed by atoms with Gasteiger partial charge in [-0.15, -0.1) is 0 Å². The molecule has 140 valence electrons. The number of methoxy groups -OCH3 is 1. The number of hydrogen-bond acceptors (Lipinski definition) is 5. The quantitative estimate of drug-likeness (QED) is 0.761. The predicted molar refractivity (Wildman–Crippen MR) is 100 cm³/mol. The summed E-state index contributed by atoms with van der Waals surface area (Å²) in [4.78, 5) is 24.0. The van der Waals surface area contributed by atoms with Gasteiger partial charge in [-0.3, -0.25) is 4.79 Å². The Balaban J connectivity index is 2.03. The number of rotatable bonds is 7. The molecule has 2 aromatic rings. The van der Waals surface area contributed by atoms with Crippen molar-refractivity contribution in [3.05, 3.63) is 65.2 Å². The lowest BCUT2D eigenvalue weighted by molar-refractivity contribution is -0.130. The van der Waals surface area contributed by atoms with E-state index < -0.39 is 12.1 Å². The number of nitriles is 1. The SMILES string of the molecule is COC(=O)c1ccc(CNC(=O)C(Oc2ccccc2C#N)C(C)C)cc1. The fraction of sp³-hybridized carbons (Fsp3) is 0.286. The fourth-order valence-electron chi connectivity index (χ4n) is 2.46. The molecule has 0 radical (unpaired) electrons. The van der Waals surface area contributed by atoms with Crippen LogP contribution in [-0.2, 0) is 16.1 Å². The van der Waals surface area contributed by atoms with Crippen LogP contribution >= 0.6 is 0 Å². The van der Waals surface area contributed by atoms with Gasteiger partial charge in [0.05, 0.1) is 18.2 Å². The molecule has 0 saturated carbocycles. The molecule has 2 rings (SSSR count). The minimum atomic E-state index is -0.728. The summed E-state index contributed by atoms with van der Waals surface area (Å²) in [5.74, 6) is -0.375. The van der Waals surface area contributed by atoms with Gasteiger partial charge in [-0.05, 0) is 35.7 Å². The predicted octanol–water partition coefficient (Wildman–Crippen LogP) is 3.06. The number of carbonyl (C=O) groups excluding carboxylic acids is 2. The normalized spacial score (nSPS) is 11.4. The Kier molecular flexibility index (Phi) is 6.95. The maximum atomic E-state index is 12.6. The monoisotopic (exact) mass is 366 g/mol. The first kappa shape index (κ1) is 20.0. The second-order valence-electron chi connectivity index (χ2n) is 6.30. The Morgan fingerprint density at radius 2 is 1.78 bits per heavy atom. The van der Waals surface area contributed by atoms with E-state index in [9.17, 15) is 14.9 Å². The van der Waals surface area contributed by atoms with Crippen molar-refractivity contribution < 1.29 is 19.1 Å². The lowest BCUT2D eigenvalue weighted by Gasteiger charge is -2.22. The molecular formula is C21H22N2O4. The van der Waals surface area contributed by atoms with E-state index >= 15 is 0 Å². The summed E-state index contributed by atoms with van der Waals surface area (Å²) >= 11 is 0. The molecule has 1 atom stereocenters. The van der Waals surface area contributed by atoms with Gasteiger partial charge in [0.1, 0.15) is 11.8 Å². The number of nitrogens with one attached hydrogen (secondary N) is 1. The largest absolute Gasteiger partial charge is 0.479 e. The molecule has 0 saturated heterocycles. The average Bonchev–Trinajstić information content (AvgIpc) is 2.70. The summed E-state index contributed by atoms with van der Waals surface area (Å²) in [6, 6.07) is 15.7. The number of nitrogens with zero attached hydrogens (tertiary/aromatic N) is 1. The molecule has 1 N–H and O–H groups in total. The maximum Gasteiger partial charge on any atom is 0.337 e. The minimum Gasteiger partial charge on any atom is -0.479 e. The van der Waals surface area contributed by atoms with Gasteiger partial charge in [0.15, 0.2) is 6.10 Å². The molecule has 0 fully saturated rings. The highest BCUT2D eigenvalue weighted by Crippen LogP contribution is 2.21. The Labute approximate surface area is 158 Å². The second kappa shape index (κ2) is 9.39. The summed E-state index contributed by atoms with van der Waals surface area (Å²) in [5, 5.41) is 12.0. The van der Waals surface area contributed by atoms with Gasteiger partial charge >= 0.3 is 5.97 Å². The van der Waals surface area contributed by atoms with Gasteiger partial charge in [0, 0.05) is 6.54 Å². The van der Waals surface area contributed by atoms with Crippen LogP contribution in [0.2, 0.25) is 0 Å². The molecule has 6 heteroatoms. The smallest absolute Gasteiger partial charge is 0.337 e. The van der Waals surface area contributed by atoms with E-state index in [-0.39, 0.29) is 11.8 Å². The lowest BCUT2D eigenvalue weighted by Crippen LogP contribution is -2.41. The topological polar surface area (TPSA) is 88.4 Å². The summed E-state index contributed by atoms with van der Waals surface area (Å²) in [7, 11) is 1.33. The van der Waals surface area contributed by atoms with Gasteiger partial charge in [0.25, 0.3) is 5.91 Å². The first-order chi connectivity index (χ1) is 13.0. The van der Waals surface area contributed by atoms with Gasteiger partial charge in [-0.1, -0.05) is 38.1 Å². The molecule has 1 unspecified atom stereocenters. The summed E-state index contributed by atoms with van der Waals surface area (Å²) in [6.45, 7) is 4.06. The van der Waals surface area contributed by atoms with Crippen molar-refractivity contribution in [2.75, 3.05) is 7.11 Å². The van der Waals surface area contributed by atoms with Crippen LogP contribution in [0.5, 0.6) is 5.75 Å². The van der Waals surface area contributed by atoms with Gasteiger partial charge in [-0.2, -0.15) is 5.26 Å². The molecule has 0 heterocycles. The highest BCUT2D eigenvalue weighted by atomic mass is 16.5. The number of hydrogen-bond donors (Lipinski definition) is 1. The lowest BCUT2D eigenvalue weighted by atomic mass is 10.1. The molecule has 2 aromatic carbocycles. The third kappa shape index (κ3) is 5.32. The van der Waals surface area contributed by atoms with E-state index in [1.807, 2.05) is 13.8 Å². The number of amides is 1. The zero-order valence-electron chi connectivity index (χ0n) is 15.6. The Bertz CT molecular complexity index is 838. The van der Waals surface area contributed by atoms with Crippen LogP contribution < -0.4 is 10.1 Å². The average molecular weight is 366 g/mol. The van der Waals surface area contributed by atoms with Crippen LogP contribution in [0.1, 0.15) is 35.3 Å². The van der Waals surface area contributed by atoms with Crippen LogP contribution in [0.25, 0.3) is 0 Å². The molecular weight excluding hydrogens is 344 g/mol. The van der Waals surface area contributed by atoms with Crippen molar-refractivity contribution in [3.63, 3.8) is 0 Å². The molecule has 0 spiro atoms. The van der Waals surface area contributed by atoms with Gasteiger partial charge in [0.2, 0.25) is 0 Å². The first-order valence-electron chi connectivity index (χ1n) is 8.57. The van der Waals surface area contributed by atoms with Crippen LogP contribution in [0, 0.1) is 17.2 Å². The maximum absolute atomic E-state index is 12.6. The number of esters is 1. The van der Waals surface area contributed by atoms with E-state index in [1.165, 1.54) is 7.11 Å². The number of para-hydroxylation sites is 1. The van der Waals surface area contributed by atoms with Crippen LogP contribution in [0.4, 0.5) is 0 Å². The standard InChI is InChI=1S/C21H22N2O4/c1-14(2)19(27-18-7-5-4-6-17(18)12-22)20(24)23-13-15-8-10-16(11-9-15)21(25)26-3/h4-11,14,19H,13H2,1-3H3,(H,23,24). The summed E-state index contributed by atoms with van der Waals surface area (Å²) in [5.41, 5.74) is 1.68.